The van der Waals surface area contributed by atoms with Crippen molar-refractivity contribution in [3.63, 3.8) is 0 Å². The van der Waals surface area contributed by atoms with Crippen molar-refractivity contribution in [3.8, 4) is 0 Å². The van der Waals surface area contributed by atoms with Gasteiger partial charge in [0.1, 0.15) is 6.29 Å². The molecular weight excluding hydrogens is 170 g/mol. The van der Waals surface area contributed by atoms with Crippen LogP contribution in [0, 0.1) is 0 Å². The van der Waals surface area contributed by atoms with Gasteiger partial charge in [-0.1, -0.05) is 19.8 Å². The van der Waals surface area contributed by atoms with Gasteiger partial charge in [-0.05, 0) is 13.0 Å². The second-order valence-corrected chi connectivity index (χ2v) is 3.00. The van der Waals surface area contributed by atoms with Crippen molar-refractivity contribution in [2.75, 3.05) is 6.54 Å². The van der Waals surface area contributed by atoms with E-state index in [1.165, 1.54) is 0 Å². The highest BCUT2D eigenvalue weighted by molar-refractivity contribution is 5.73. The second-order valence-electron chi connectivity index (χ2n) is 3.00. The number of nitrogens with one attached hydrogen (secondary N) is 1. The molecule has 4 heteroatoms. The lowest BCUT2D eigenvalue weighted by Gasteiger charge is -2.09. The van der Waals surface area contributed by atoms with Crippen LogP contribution in [0.2, 0.25) is 0 Å². The fourth-order valence-corrected chi connectivity index (χ4v) is 1.02. The Balaban J connectivity index is 3.48. The third-order valence-corrected chi connectivity index (χ3v) is 1.75. The minimum absolute atomic E-state index is 0.129. The molecule has 0 amide bonds. The van der Waals surface area contributed by atoms with Gasteiger partial charge in [0.2, 0.25) is 0 Å². The topological polar surface area (TPSA) is 66.4 Å². The van der Waals surface area contributed by atoms with Crippen LogP contribution in [0.15, 0.2) is 0 Å². The van der Waals surface area contributed by atoms with E-state index in [0.717, 1.165) is 19.3 Å². The van der Waals surface area contributed by atoms with Crippen LogP contribution in [0.1, 0.15) is 32.6 Å². The monoisotopic (exact) mass is 187 g/mol. The molecule has 0 radical (unpaired) electrons. The zero-order chi connectivity index (χ0) is 10.1. The van der Waals surface area contributed by atoms with Crippen LogP contribution >= 0.6 is 0 Å². The largest absolute Gasteiger partial charge is 0.481 e. The Morgan fingerprint density at radius 2 is 2.23 bits per heavy atom. The number of unbranched alkanes of at least 4 members (excludes halogenated alkanes) is 2. The van der Waals surface area contributed by atoms with Gasteiger partial charge >= 0.3 is 5.97 Å². The van der Waals surface area contributed by atoms with Gasteiger partial charge in [0.15, 0.2) is 0 Å². The summed E-state index contributed by atoms with van der Waals surface area (Å²) in [7, 11) is 0. The number of hydrogen-bond donors (Lipinski definition) is 2. The highest BCUT2D eigenvalue weighted by atomic mass is 16.4. The summed E-state index contributed by atoms with van der Waals surface area (Å²) in [6, 6.07) is -0.533. The van der Waals surface area contributed by atoms with E-state index in [1.54, 1.807) is 0 Å². The first-order valence-corrected chi connectivity index (χ1v) is 4.61. The predicted molar refractivity (Wildman–Crippen MR) is 49.6 cm³/mol. The summed E-state index contributed by atoms with van der Waals surface area (Å²) in [4.78, 5) is 20.6. The van der Waals surface area contributed by atoms with Crippen LogP contribution in [0.4, 0.5) is 0 Å². The summed E-state index contributed by atoms with van der Waals surface area (Å²) >= 11 is 0. The van der Waals surface area contributed by atoms with Crippen molar-refractivity contribution < 1.29 is 14.7 Å². The van der Waals surface area contributed by atoms with Gasteiger partial charge in [-0.25, -0.2) is 0 Å². The van der Waals surface area contributed by atoms with Gasteiger partial charge < -0.3 is 15.2 Å². The van der Waals surface area contributed by atoms with Crippen LogP contribution in [-0.4, -0.2) is 29.9 Å². The molecule has 0 fully saturated rings. The Hall–Kier alpha value is -0.900. The van der Waals surface area contributed by atoms with Crippen molar-refractivity contribution in [2.45, 2.75) is 38.6 Å². The maximum Gasteiger partial charge on any atom is 0.305 e. The van der Waals surface area contributed by atoms with E-state index >= 15 is 0 Å². The van der Waals surface area contributed by atoms with Crippen LogP contribution in [0.25, 0.3) is 0 Å². The summed E-state index contributed by atoms with van der Waals surface area (Å²) in [6.07, 6.45) is 3.73. The van der Waals surface area contributed by atoms with Gasteiger partial charge in [0.25, 0.3) is 0 Å². The van der Waals surface area contributed by atoms with Crippen molar-refractivity contribution in [3.05, 3.63) is 0 Å². The van der Waals surface area contributed by atoms with E-state index in [2.05, 4.69) is 12.2 Å². The maximum atomic E-state index is 10.4. The fourth-order valence-electron chi connectivity index (χ4n) is 1.02. The molecular formula is C9H17NO3. The molecule has 0 rings (SSSR count). The smallest absolute Gasteiger partial charge is 0.305 e. The Labute approximate surface area is 78.3 Å². The van der Waals surface area contributed by atoms with E-state index in [-0.39, 0.29) is 6.42 Å². The molecule has 0 aromatic carbocycles. The molecule has 0 saturated carbocycles. The lowest BCUT2D eigenvalue weighted by molar-refractivity contribution is -0.138. The highest BCUT2D eigenvalue weighted by Crippen LogP contribution is 1.93. The van der Waals surface area contributed by atoms with Crippen LogP contribution in [0.5, 0.6) is 0 Å². The van der Waals surface area contributed by atoms with E-state index < -0.39 is 12.0 Å². The van der Waals surface area contributed by atoms with Gasteiger partial charge in [0, 0.05) is 0 Å². The molecule has 1 atom stereocenters. The van der Waals surface area contributed by atoms with E-state index in [4.69, 9.17) is 5.11 Å². The summed E-state index contributed by atoms with van der Waals surface area (Å²) in [6.45, 7) is 2.80. The lowest BCUT2D eigenvalue weighted by Crippen LogP contribution is -2.33. The van der Waals surface area contributed by atoms with E-state index in [9.17, 15) is 9.59 Å². The normalized spacial score (nSPS) is 12.4. The van der Waals surface area contributed by atoms with Gasteiger partial charge in [-0.3, -0.25) is 4.79 Å². The Kier molecular flexibility index (Phi) is 7.20. The first kappa shape index (κ1) is 12.1. The molecule has 4 nitrogen and oxygen atoms in total. The number of aliphatic carboxylic acids is 1. The van der Waals surface area contributed by atoms with Crippen LogP contribution in [-0.2, 0) is 9.59 Å². The molecule has 13 heavy (non-hydrogen) atoms. The van der Waals surface area contributed by atoms with Crippen molar-refractivity contribution in [2.24, 2.45) is 0 Å². The first-order chi connectivity index (χ1) is 6.20. The van der Waals surface area contributed by atoms with Crippen molar-refractivity contribution >= 4 is 12.3 Å². The standard InChI is InChI=1S/C9H17NO3/c1-2-3-4-5-10-8(7-11)6-9(12)13/h7-8,10H,2-6H2,1H3,(H,12,13)/t8-/m0/s1. The molecule has 0 aromatic rings. The van der Waals surface area contributed by atoms with Crippen LogP contribution in [0.3, 0.4) is 0 Å². The molecule has 0 spiro atoms. The van der Waals surface area contributed by atoms with Crippen LogP contribution < -0.4 is 5.32 Å². The quantitative estimate of drug-likeness (QED) is 0.436. The van der Waals surface area contributed by atoms with E-state index in [1.807, 2.05) is 0 Å². The van der Waals surface area contributed by atoms with E-state index in [0.29, 0.717) is 12.8 Å². The molecule has 0 unspecified atom stereocenters. The molecule has 0 aromatic heterocycles. The Morgan fingerprint density at radius 3 is 2.69 bits per heavy atom. The second kappa shape index (κ2) is 7.73. The van der Waals surface area contributed by atoms with Gasteiger partial charge in [-0.2, -0.15) is 0 Å². The van der Waals surface area contributed by atoms with Crippen molar-refractivity contribution in [1.29, 1.82) is 0 Å². The molecule has 0 bridgehead atoms. The molecule has 0 aliphatic rings. The molecule has 0 heterocycles. The summed E-state index contributed by atoms with van der Waals surface area (Å²) in [5.74, 6) is -0.944. The first-order valence-electron chi connectivity index (χ1n) is 4.61. The summed E-state index contributed by atoms with van der Waals surface area (Å²) in [5.41, 5.74) is 0. The number of carboxylic acids is 1. The summed E-state index contributed by atoms with van der Waals surface area (Å²) in [5, 5.41) is 11.3. The fraction of sp³-hybridized carbons (Fsp3) is 0.778. The average molecular weight is 187 g/mol. The third-order valence-electron chi connectivity index (χ3n) is 1.75. The minimum atomic E-state index is -0.944. The molecule has 2 N–H and O–H groups in total. The number of carbonyl (C=O) groups is 2. The van der Waals surface area contributed by atoms with Crippen molar-refractivity contribution in [1.82, 2.24) is 5.32 Å². The predicted octanol–water partition coefficient (Wildman–Crippen LogP) is 0.808. The number of carboxylic acid groups (broad SMARTS) is 1. The SMILES string of the molecule is CCCCCN[C@H](C=O)CC(=O)O. The number of hydrogen-bond acceptors (Lipinski definition) is 3. The maximum absolute atomic E-state index is 10.4. The average Bonchev–Trinajstić information content (AvgIpc) is 2.09. The number of aldehydes is 1. The van der Waals surface area contributed by atoms with Gasteiger partial charge in [-0.15, -0.1) is 0 Å². The molecule has 0 aliphatic heterocycles. The highest BCUT2D eigenvalue weighted by Gasteiger charge is 2.09. The Morgan fingerprint density at radius 1 is 1.54 bits per heavy atom. The summed E-state index contributed by atoms with van der Waals surface area (Å²) < 4.78 is 0. The minimum Gasteiger partial charge on any atom is -0.481 e. The Bertz CT molecular complexity index is 159. The lowest BCUT2D eigenvalue weighted by atomic mass is 10.2. The number of rotatable bonds is 8. The zero-order valence-electron chi connectivity index (χ0n) is 7.95. The molecule has 76 valence electrons. The molecule has 0 aliphatic carbocycles. The number of carbonyl (C=O) groups excluding carboxylic acids is 1. The van der Waals surface area contributed by atoms with Gasteiger partial charge in [0.05, 0.1) is 12.5 Å². The molecule has 0 saturated heterocycles. The zero-order valence-corrected chi connectivity index (χ0v) is 7.95. The third kappa shape index (κ3) is 7.46.